The summed E-state index contributed by atoms with van der Waals surface area (Å²) in [7, 11) is 0. The summed E-state index contributed by atoms with van der Waals surface area (Å²) < 4.78 is 13.9. The Labute approximate surface area is 135 Å². The van der Waals surface area contributed by atoms with Crippen molar-refractivity contribution < 1.29 is 9.18 Å². The summed E-state index contributed by atoms with van der Waals surface area (Å²) in [6, 6.07) is 5.33. The summed E-state index contributed by atoms with van der Waals surface area (Å²) in [6.45, 7) is 2.76. The van der Waals surface area contributed by atoms with E-state index in [0.29, 0.717) is 35.6 Å². The maximum Gasteiger partial charge on any atom is 0.234 e. The number of rotatable bonds is 7. The van der Waals surface area contributed by atoms with Gasteiger partial charge in [-0.15, -0.1) is 0 Å². The molecule has 120 valence electrons. The van der Waals surface area contributed by atoms with Crippen LogP contribution in [0, 0.1) is 11.7 Å². The SMILES string of the molecule is CC(NC(=O)CN(Cc1c(F)cccc1Cl)C1CC1)C1CC1. The van der Waals surface area contributed by atoms with Crippen LogP contribution in [0.2, 0.25) is 5.02 Å². The summed E-state index contributed by atoms with van der Waals surface area (Å²) in [4.78, 5) is 14.2. The van der Waals surface area contributed by atoms with Crippen LogP contribution in [0.25, 0.3) is 0 Å². The van der Waals surface area contributed by atoms with Crippen LogP contribution in [0.4, 0.5) is 4.39 Å². The Bertz CT molecular complexity index is 537. The van der Waals surface area contributed by atoms with E-state index in [1.165, 1.54) is 18.9 Å². The lowest BCUT2D eigenvalue weighted by molar-refractivity contribution is -0.123. The molecule has 1 aromatic rings. The minimum absolute atomic E-state index is 0.0266. The van der Waals surface area contributed by atoms with E-state index in [0.717, 1.165) is 12.8 Å². The molecule has 1 atom stereocenters. The van der Waals surface area contributed by atoms with E-state index in [1.54, 1.807) is 12.1 Å². The summed E-state index contributed by atoms with van der Waals surface area (Å²) in [5.74, 6) is 0.364. The Morgan fingerprint density at radius 1 is 1.41 bits per heavy atom. The minimum atomic E-state index is -0.301. The number of carbonyl (C=O) groups excluding carboxylic acids is 1. The first-order valence-electron chi connectivity index (χ1n) is 8.01. The van der Waals surface area contributed by atoms with Gasteiger partial charge in [-0.1, -0.05) is 17.7 Å². The molecule has 2 aliphatic carbocycles. The first-order valence-corrected chi connectivity index (χ1v) is 8.38. The van der Waals surface area contributed by atoms with Gasteiger partial charge in [0.25, 0.3) is 0 Å². The third-order valence-electron chi connectivity index (χ3n) is 4.55. The minimum Gasteiger partial charge on any atom is -0.352 e. The quantitative estimate of drug-likeness (QED) is 0.834. The maximum absolute atomic E-state index is 13.9. The Kier molecular flexibility index (Phi) is 4.69. The summed E-state index contributed by atoms with van der Waals surface area (Å²) in [6.07, 6.45) is 4.55. The smallest absolute Gasteiger partial charge is 0.234 e. The standard InChI is InChI=1S/C17H22ClFN2O/c1-11(12-5-6-12)20-17(22)10-21(13-7-8-13)9-14-15(18)3-2-4-16(14)19/h2-4,11-13H,5-10H2,1H3,(H,20,22). The molecule has 0 heterocycles. The van der Waals surface area contributed by atoms with Crippen LogP contribution in [0.1, 0.15) is 38.2 Å². The molecule has 22 heavy (non-hydrogen) atoms. The first kappa shape index (κ1) is 15.8. The average molecular weight is 325 g/mol. The summed E-state index contributed by atoms with van der Waals surface area (Å²) in [5, 5.41) is 3.49. The van der Waals surface area contributed by atoms with E-state index < -0.39 is 0 Å². The molecule has 2 saturated carbocycles. The van der Waals surface area contributed by atoms with E-state index in [4.69, 9.17) is 11.6 Å². The molecule has 3 nitrogen and oxygen atoms in total. The number of nitrogens with zero attached hydrogens (tertiary/aromatic N) is 1. The Hall–Kier alpha value is -1.13. The lowest BCUT2D eigenvalue weighted by Crippen LogP contribution is -2.42. The normalized spacial score (nSPS) is 19.3. The molecule has 5 heteroatoms. The van der Waals surface area contributed by atoms with Crippen molar-refractivity contribution in [3.8, 4) is 0 Å². The van der Waals surface area contributed by atoms with Crippen LogP contribution in [0.5, 0.6) is 0 Å². The fourth-order valence-corrected chi connectivity index (χ4v) is 3.06. The number of hydrogen-bond donors (Lipinski definition) is 1. The molecule has 3 rings (SSSR count). The third kappa shape index (κ3) is 3.99. The molecule has 0 saturated heterocycles. The van der Waals surface area contributed by atoms with E-state index >= 15 is 0 Å². The van der Waals surface area contributed by atoms with E-state index in [-0.39, 0.29) is 17.8 Å². The molecule has 0 radical (unpaired) electrons. The molecule has 2 fully saturated rings. The highest BCUT2D eigenvalue weighted by Gasteiger charge is 2.33. The number of benzene rings is 1. The highest BCUT2D eigenvalue weighted by molar-refractivity contribution is 6.31. The molecule has 1 amide bonds. The number of amides is 1. The lowest BCUT2D eigenvalue weighted by Gasteiger charge is -2.23. The predicted octanol–water partition coefficient (Wildman–Crippen LogP) is 3.36. The molecule has 0 aliphatic heterocycles. The van der Waals surface area contributed by atoms with Gasteiger partial charge in [0.2, 0.25) is 5.91 Å². The third-order valence-corrected chi connectivity index (χ3v) is 4.90. The highest BCUT2D eigenvalue weighted by Crippen LogP contribution is 2.33. The van der Waals surface area contributed by atoms with Gasteiger partial charge in [0.05, 0.1) is 6.54 Å². The molecule has 1 aromatic carbocycles. The van der Waals surface area contributed by atoms with Crippen LogP contribution in [0.15, 0.2) is 18.2 Å². The van der Waals surface area contributed by atoms with Crippen LogP contribution >= 0.6 is 11.6 Å². The van der Waals surface area contributed by atoms with Gasteiger partial charge in [0.1, 0.15) is 5.82 Å². The number of halogens is 2. The van der Waals surface area contributed by atoms with Gasteiger partial charge in [-0.3, -0.25) is 9.69 Å². The van der Waals surface area contributed by atoms with Crippen molar-refractivity contribution in [2.45, 2.75) is 51.2 Å². The van der Waals surface area contributed by atoms with E-state index in [2.05, 4.69) is 12.2 Å². The van der Waals surface area contributed by atoms with E-state index in [9.17, 15) is 9.18 Å². The maximum atomic E-state index is 13.9. The van der Waals surface area contributed by atoms with Crippen molar-refractivity contribution >= 4 is 17.5 Å². The number of carbonyl (C=O) groups is 1. The van der Waals surface area contributed by atoms with Crippen LogP contribution < -0.4 is 5.32 Å². The number of hydrogen-bond acceptors (Lipinski definition) is 2. The predicted molar refractivity (Wildman–Crippen MR) is 85.2 cm³/mol. The van der Waals surface area contributed by atoms with Gasteiger partial charge in [-0.25, -0.2) is 4.39 Å². The van der Waals surface area contributed by atoms with Crippen molar-refractivity contribution in [3.05, 3.63) is 34.6 Å². The van der Waals surface area contributed by atoms with Gasteiger partial charge in [0.15, 0.2) is 0 Å². The topological polar surface area (TPSA) is 32.3 Å². The van der Waals surface area contributed by atoms with Crippen molar-refractivity contribution in [2.24, 2.45) is 5.92 Å². The molecule has 2 aliphatic rings. The monoisotopic (exact) mass is 324 g/mol. The molecule has 0 aromatic heterocycles. The fraction of sp³-hybridized carbons (Fsp3) is 0.588. The molecular formula is C17H22ClFN2O. The van der Waals surface area contributed by atoms with Gasteiger partial charge in [0, 0.05) is 29.2 Å². The molecule has 1 unspecified atom stereocenters. The Morgan fingerprint density at radius 3 is 2.73 bits per heavy atom. The average Bonchev–Trinajstić information content (AvgIpc) is 3.34. The molecular weight excluding hydrogens is 303 g/mol. The van der Waals surface area contributed by atoms with Crippen LogP contribution in [-0.4, -0.2) is 29.4 Å². The zero-order valence-corrected chi connectivity index (χ0v) is 13.6. The second-order valence-electron chi connectivity index (χ2n) is 6.53. The van der Waals surface area contributed by atoms with Crippen molar-refractivity contribution in [2.75, 3.05) is 6.54 Å². The van der Waals surface area contributed by atoms with Crippen LogP contribution in [0.3, 0.4) is 0 Å². The van der Waals surface area contributed by atoms with E-state index in [1.807, 2.05) is 4.90 Å². The molecule has 1 N–H and O–H groups in total. The second-order valence-corrected chi connectivity index (χ2v) is 6.94. The zero-order valence-electron chi connectivity index (χ0n) is 12.8. The van der Waals surface area contributed by atoms with Gasteiger partial charge in [-0.05, 0) is 50.7 Å². The van der Waals surface area contributed by atoms with Crippen LogP contribution in [-0.2, 0) is 11.3 Å². The van der Waals surface area contributed by atoms with Gasteiger partial charge in [-0.2, -0.15) is 0 Å². The zero-order chi connectivity index (χ0) is 15.7. The van der Waals surface area contributed by atoms with Crippen molar-refractivity contribution in [1.82, 2.24) is 10.2 Å². The first-order chi connectivity index (χ1) is 10.5. The van der Waals surface area contributed by atoms with Gasteiger partial charge >= 0.3 is 0 Å². The van der Waals surface area contributed by atoms with Gasteiger partial charge < -0.3 is 5.32 Å². The Morgan fingerprint density at radius 2 is 2.14 bits per heavy atom. The second kappa shape index (κ2) is 6.55. The van der Waals surface area contributed by atoms with Crippen molar-refractivity contribution in [1.29, 1.82) is 0 Å². The summed E-state index contributed by atoms with van der Waals surface area (Å²) >= 11 is 6.10. The highest BCUT2D eigenvalue weighted by atomic mass is 35.5. The Balaban J connectivity index is 1.61. The summed E-state index contributed by atoms with van der Waals surface area (Å²) in [5.41, 5.74) is 0.485. The lowest BCUT2D eigenvalue weighted by atomic mass is 10.2. The molecule has 0 spiro atoms. The molecule has 0 bridgehead atoms. The van der Waals surface area contributed by atoms with Crippen molar-refractivity contribution in [3.63, 3.8) is 0 Å². The number of nitrogens with one attached hydrogen (secondary N) is 1. The largest absolute Gasteiger partial charge is 0.352 e. The fourth-order valence-electron chi connectivity index (χ4n) is 2.84.